The van der Waals surface area contributed by atoms with Gasteiger partial charge in [-0.25, -0.2) is 9.59 Å². The van der Waals surface area contributed by atoms with Crippen molar-refractivity contribution in [3.05, 3.63) is 40.8 Å². The van der Waals surface area contributed by atoms with Crippen LogP contribution in [-0.4, -0.2) is 71.1 Å². The summed E-state index contributed by atoms with van der Waals surface area (Å²) in [6.07, 6.45) is 3.68. The molecule has 2 atom stereocenters. The Morgan fingerprint density at radius 3 is 2.34 bits per heavy atom. The molecule has 0 aromatic carbocycles. The minimum atomic E-state index is -1.19. The van der Waals surface area contributed by atoms with Gasteiger partial charge in [-0.15, -0.1) is 0 Å². The molecule has 0 radical (unpaired) electrons. The fourth-order valence-electron chi connectivity index (χ4n) is 3.59. The average Bonchev–Trinajstić information content (AvgIpc) is 2.90. The molecule has 0 fully saturated rings. The number of hydrogen-bond donors (Lipinski definition) is 4. The lowest BCUT2D eigenvalue weighted by molar-refractivity contribution is -0.145. The van der Waals surface area contributed by atoms with Crippen molar-refractivity contribution >= 4 is 41.3 Å². The molecule has 14 nitrogen and oxygen atoms in total. The van der Waals surface area contributed by atoms with Crippen molar-refractivity contribution in [3.8, 4) is 0 Å². The van der Waals surface area contributed by atoms with E-state index in [1.807, 2.05) is 13.8 Å². The first-order chi connectivity index (χ1) is 19.4. The lowest BCUT2D eigenvalue weighted by Gasteiger charge is -2.19. The van der Waals surface area contributed by atoms with Gasteiger partial charge in [0.1, 0.15) is 24.3 Å². The zero-order valence-corrected chi connectivity index (χ0v) is 23.6. The van der Waals surface area contributed by atoms with Crippen LogP contribution < -0.4 is 21.5 Å². The van der Waals surface area contributed by atoms with Crippen molar-refractivity contribution in [3.63, 3.8) is 0 Å². The number of esters is 2. The van der Waals surface area contributed by atoms with Gasteiger partial charge in [-0.3, -0.25) is 24.0 Å². The van der Waals surface area contributed by atoms with Crippen molar-refractivity contribution in [2.75, 3.05) is 19.0 Å². The van der Waals surface area contributed by atoms with Crippen molar-refractivity contribution in [2.24, 2.45) is 5.92 Å². The standard InChI is InChI=1S/C27H38N4O10/c1-5-41-24(36)11-7-6-9-18(28-21(32)12-13-23(34)35)25(37)30-19-10-8-14-31(26(19)38)16-22(33)29-20(15-17(2)3)27(39)40-4/h7-8,10-11,14,17-18,20H,5-6,9,12-13,15-16H2,1-4H3,(H,28,32)(H,29,33)(H,30,37)(H,34,35)/t18-,20-/m0/s1. The zero-order chi connectivity index (χ0) is 30.9. The van der Waals surface area contributed by atoms with Gasteiger partial charge in [0, 0.05) is 18.7 Å². The number of allylic oxidation sites excluding steroid dienone is 1. The fraction of sp³-hybridized carbons (Fsp3) is 0.519. The average molecular weight is 579 g/mol. The minimum absolute atomic E-state index is 0.0226. The largest absolute Gasteiger partial charge is 0.481 e. The molecule has 14 heteroatoms. The summed E-state index contributed by atoms with van der Waals surface area (Å²) in [6, 6.07) is 0.679. The number of aliphatic carboxylic acids is 1. The Bertz CT molecular complexity index is 1170. The molecule has 0 spiro atoms. The summed E-state index contributed by atoms with van der Waals surface area (Å²) in [5, 5.41) is 16.2. The van der Waals surface area contributed by atoms with E-state index in [1.54, 1.807) is 6.92 Å². The van der Waals surface area contributed by atoms with E-state index < -0.39 is 66.2 Å². The van der Waals surface area contributed by atoms with Crippen LogP contribution in [0.15, 0.2) is 35.3 Å². The highest BCUT2D eigenvalue weighted by atomic mass is 16.5. The van der Waals surface area contributed by atoms with E-state index in [1.165, 1.54) is 37.6 Å². The molecule has 41 heavy (non-hydrogen) atoms. The highest BCUT2D eigenvalue weighted by Crippen LogP contribution is 2.08. The lowest BCUT2D eigenvalue weighted by Crippen LogP contribution is -2.45. The summed E-state index contributed by atoms with van der Waals surface area (Å²) in [5.74, 6) is -4.37. The molecular formula is C27H38N4O10. The molecule has 0 aliphatic heterocycles. The van der Waals surface area contributed by atoms with E-state index in [0.717, 1.165) is 4.57 Å². The van der Waals surface area contributed by atoms with Gasteiger partial charge in [0.05, 0.1) is 20.1 Å². The maximum Gasteiger partial charge on any atom is 0.330 e. The Labute approximate surface area is 237 Å². The van der Waals surface area contributed by atoms with Gasteiger partial charge in [-0.1, -0.05) is 19.9 Å². The number of hydrogen-bond acceptors (Lipinski definition) is 9. The van der Waals surface area contributed by atoms with E-state index in [9.17, 15) is 33.6 Å². The summed E-state index contributed by atoms with van der Waals surface area (Å²) in [6.45, 7) is 5.14. The number of amides is 3. The van der Waals surface area contributed by atoms with Crippen LogP contribution in [0.5, 0.6) is 0 Å². The van der Waals surface area contributed by atoms with Gasteiger partial charge in [-0.05, 0) is 44.2 Å². The molecule has 0 aliphatic rings. The molecule has 3 amide bonds. The second-order valence-electron chi connectivity index (χ2n) is 9.36. The number of pyridine rings is 1. The number of methoxy groups -OCH3 is 1. The van der Waals surface area contributed by atoms with Crippen molar-refractivity contribution in [1.29, 1.82) is 0 Å². The number of aromatic nitrogens is 1. The molecule has 0 saturated heterocycles. The molecular weight excluding hydrogens is 540 g/mol. The number of carboxylic acids is 1. The number of carbonyl (C=O) groups excluding carboxylic acids is 5. The molecule has 1 aromatic heterocycles. The quantitative estimate of drug-likeness (QED) is 0.151. The van der Waals surface area contributed by atoms with Crippen LogP contribution in [0.25, 0.3) is 0 Å². The molecule has 1 rings (SSSR count). The summed E-state index contributed by atoms with van der Waals surface area (Å²) in [4.78, 5) is 85.1. The number of rotatable bonds is 17. The predicted molar refractivity (Wildman–Crippen MR) is 147 cm³/mol. The second kappa shape index (κ2) is 18.0. The third-order valence-electron chi connectivity index (χ3n) is 5.50. The van der Waals surface area contributed by atoms with Crippen LogP contribution in [0.4, 0.5) is 5.69 Å². The normalized spacial score (nSPS) is 12.3. The number of carboxylic acid groups (broad SMARTS) is 1. The third kappa shape index (κ3) is 13.4. The molecule has 0 aliphatic carbocycles. The molecule has 0 saturated carbocycles. The highest BCUT2D eigenvalue weighted by molar-refractivity contribution is 5.97. The minimum Gasteiger partial charge on any atom is -0.481 e. The number of anilines is 1. The van der Waals surface area contributed by atoms with Crippen molar-refractivity contribution < 1.29 is 43.3 Å². The fourth-order valence-corrected chi connectivity index (χ4v) is 3.59. The Kier molecular flexibility index (Phi) is 15.1. The SMILES string of the molecule is CCOC(=O)C=CCC[C@H](NC(=O)CCC(=O)O)C(=O)Nc1cccn(CC(=O)N[C@@H](CC(C)C)C(=O)OC)c1=O. The number of nitrogens with zero attached hydrogens (tertiary/aromatic N) is 1. The molecule has 0 unspecified atom stereocenters. The maximum absolute atomic E-state index is 13.0. The summed E-state index contributed by atoms with van der Waals surface area (Å²) < 4.78 is 10.6. The molecule has 1 heterocycles. The van der Waals surface area contributed by atoms with Gasteiger partial charge >= 0.3 is 17.9 Å². The second-order valence-corrected chi connectivity index (χ2v) is 9.36. The lowest BCUT2D eigenvalue weighted by atomic mass is 10.0. The van der Waals surface area contributed by atoms with Crippen molar-refractivity contribution in [2.45, 2.75) is 71.5 Å². The van der Waals surface area contributed by atoms with Crippen molar-refractivity contribution in [1.82, 2.24) is 15.2 Å². The highest BCUT2D eigenvalue weighted by Gasteiger charge is 2.24. The number of nitrogens with one attached hydrogen (secondary N) is 3. The smallest absolute Gasteiger partial charge is 0.330 e. The Balaban J connectivity index is 3.01. The Hall–Kier alpha value is -4.49. The maximum atomic E-state index is 13.0. The number of ether oxygens (including phenoxy) is 2. The van der Waals surface area contributed by atoms with Gasteiger partial charge in [0.2, 0.25) is 17.7 Å². The van der Waals surface area contributed by atoms with Gasteiger partial charge in [0.25, 0.3) is 5.56 Å². The van der Waals surface area contributed by atoms with Gasteiger partial charge < -0.3 is 35.1 Å². The van der Waals surface area contributed by atoms with Crippen LogP contribution in [0.2, 0.25) is 0 Å². The first kappa shape index (κ1) is 34.5. The first-order valence-electron chi connectivity index (χ1n) is 13.1. The van der Waals surface area contributed by atoms with E-state index in [-0.39, 0.29) is 37.5 Å². The molecule has 4 N–H and O–H groups in total. The van der Waals surface area contributed by atoms with Crippen LogP contribution in [0.3, 0.4) is 0 Å². The van der Waals surface area contributed by atoms with E-state index in [2.05, 4.69) is 16.0 Å². The predicted octanol–water partition coefficient (Wildman–Crippen LogP) is 0.740. The topological polar surface area (TPSA) is 199 Å². The van der Waals surface area contributed by atoms with E-state index in [4.69, 9.17) is 14.6 Å². The van der Waals surface area contributed by atoms with Gasteiger partial charge in [-0.2, -0.15) is 0 Å². The third-order valence-corrected chi connectivity index (χ3v) is 5.50. The van der Waals surface area contributed by atoms with E-state index >= 15 is 0 Å². The Morgan fingerprint density at radius 1 is 1.05 bits per heavy atom. The summed E-state index contributed by atoms with van der Waals surface area (Å²) in [7, 11) is 1.21. The monoisotopic (exact) mass is 578 g/mol. The summed E-state index contributed by atoms with van der Waals surface area (Å²) >= 11 is 0. The molecule has 1 aromatic rings. The van der Waals surface area contributed by atoms with E-state index in [0.29, 0.717) is 6.42 Å². The zero-order valence-electron chi connectivity index (χ0n) is 23.6. The van der Waals surface area contributed by atoms with Crippen LogP contribution >= 0.6 is 0 Å². The van der Waals surface area contributed by atoms with Crippen LogP contribution in [0, 0.1) is 5.92 Å². The summed E-state index contributed by atoms with van der Waals surface area (Å²) in [5.41, 5.74) is -0.892. The molecule has 226 valence electrons. The first-order valence-corrected chi connectivity index (χ1v) is 13.1. The molecule has 0 bridgehead atoms. The number of carbonyl (C=O) groups is 6. The van der Waals surface area contributed by atoms with Gasteiger partial charge in [0.15, 0.2) is 0 Å². The van der Waals surface area contributed by atoms with Crippen LogP contribution in [0.1, 0.15) is 52.9 Å². The Morgan fingerprint density at radius 2 is 1.73 bits per heavy atom. The van der Waals surface area contributed by atoms with Crippen LogP contribution in [-0.2, 0) is 44.8 Å².